The molecule has 3 nitrogen and oxygen atoms in total. The number of allylic oxidation sites excluding steroid dienone is 2. The van der Waals surface area contributed by atoms with Gasteiger partial charge in [0, 0.05) is 26.2 Å². The molecule has 0 N–H and O–H groups in total. The summed E-state index contributed by atoms with van der Waals surface area (Å²) in [7, 11) is 2.02. The third-order valence-electron chi connectivity index (χ3n) is 5.68. The maximum absolute atomic E-state index is 12.9. The summed E-state index contributed by atoms with van der Waals surface area (Å²) in [5.41, 5.74) is 1.45. The summed E-state index contributed by atoms with van der Waals surface area (Å²) in [4.78, 5) is 17.5. The van der Waals surface area contributed by atoms with Crippen LogP contribution in [0.25, 0.3) is 0 Å². The quantitative estimate of drug-likeness (QED) is 0.725. The molecule has 1 saturated carbocycles. The Morgan fingerprint density at radius 1 is 1.27 bits per heavy atom. The Kier molecular flexibility index (Phi) is 5.37. The van der Waals surface area contributed by atoms with E-state index in [4.69, 9.17) is 0 Å². The number of carbonyl (C=O) groups is 1. The minimum absolute atomic E-state index is 0.130. The van der Waals surface area contributed by atoms with Crippen molar-refractivity contribution < 1.29 is 4.79 Å². The van der Waals surface area contributed by atoms with E-state index >= 15 is 0 Å². The van der Waals surface area contributed by atoms with Crippen molar-refractivity contribution in [3.8, 4) is 0 Å². The molecule has 1 aliphatic heterocycles. The highest BCUT2D eigenvalue weighted by molar-refractivity contribution is 5.84. The third kappa shape index (κ3) is 3.56. The number of hydrogen-bond donors (Lipinski definition) is 0. The van der Waals surface area contributed by atoms with E-state index in [1.165, 1.54) is 18.5 Å². The van der Waals surface area contributed by atoms with Crippen LogP contribution < -0.4 is 0 Å². The van der Waals surface area contributed by atoms with Crippen molar-refractivity contribution in [2.45, 2.75) is 59.9 Å². The van der Waals surface area contributed by atoms with Gasteiger partial charge in [-0.15, -0.1) is 0 Å². The molecule has 0 radical (unpaired) electrons. The number of rotatable bonds is 5. The summed E-state index contributed by atoms with van der Waals surface area (Å²) < 4.78 is 0. The molecule has 0 aromatic heterocycles. The summed E-state index contributed by atoms with van der Waals surface area (Å²) >= 11 is 0. The fourth-order valence-electron chi connectivity index (χ4n) is 4.07. The first kappa shape index (κ1) is 17.5. The van der Waals surface area contributed by atoms with Crippen LogP contribution in [0.5, 0.6) is 0 Å². The van der Waals surface area contributed by atoms with E-state index in [-0.39, 0.29) is 11.3 Å². The molecule has 2 atom stereocenters. The molecule has 1 heterocycles. The maximum Gasteiger partial charge on any atom is 0.226 e. The van der Waals surface area contributed by atoms with Gasteiger partial charge < -0.3 is 9.80 Å². The van der Waals surface area contributed by atoms with Crippen molar-refractivity contribution in [1.82, 2.24) is 9.80 Å². The molecule has 1 amide bonds. The second kappa shape index (κ2) is 6.74. The minimum Gasteiger partial charge on any atom is -0.342 e. The van der Waals surface area contributed by atoms with Crippen molar-refractivity contribution in [3.05, 3.63) is 11.6 Å². The van der Waals surface area contributed by atoms with Gasteiger partial charge in [0.1, 0.15) is 0 Å². The largest absolute Gasteiger partial charge is 0.342 e. The molecule has 2 aliphatic rings. The Hall–Kier alpha value is -0.830. The van der Waals surface area contributed by atoms with Crippen LogP contribution in [-0.2, 0) is 4.79 Å². The lowest BCUT2D eigenvalue weighted by Crippen LogP contribution is -2.46. The van der Waals surface area contributed by atoms with Gasteiger partial charge in [0.2, 0.25) is 5.91 Å². The van der Waals surface area contributed by atoms with E-state index in [1.54, 1.807) is 0 Å². The van der Waals surface area contributed by atoms with E-state index in [1.807, 2.05) is 7.05 Å². The molecule has 1 saturated heterocycles. The molecular formula is C19H34N2O. The lowest BCUT2D eigenvalue weighted by Gasteiger charge is -2.37. The van der Waals surface area contributed by atoms with Gasteiger partial charge in [-0.25, -0.2) is 0 Å². The lowest BCUT2D eigenvalue weighted by molar-refractivity contribution is -0.135. The molecule has 3 heteroatoms. The minimum atomic E-state index is 0.130. The molecule has 0 bridgehead atoms. The van der Waals surface area contributed by atoms with Gasteiger partial charge in [-0.2, -0.15) is 0 Å². The van der Waals surface area contributed by atoms with Gasteiger partial charge in [0.15, 0.2) is 0 Å². The van der Waals surface area contributed by atoms with Gasteiger partial charge in [0.25, 0.3) is 0 Å². The van der Waals surface area contributed by atoms with Crippen molar-refractivity contribution in [2.75, 3.05) is 26.7 Å². The number of likely N-dealkylation sites (tertiary alicyclic amines) is 1. The second-order valence-electron chi connectivity index (χ2n) is 8.09. The molecule has 0 unspecified atom stereocenters. The topological polar surface area (TPSA) is 23.6 Å². The molecule has 126 valence electrons. The number of nitrogens with zero attached hydrogens (tertiary/aromatic N) is 2. The van der Waals surface area contributed by atoms with Crippen LogP contribution in [0.3, 0.4) is 0 Å². The normalized spacial score (nSPS) is 28.3. The average Bonchev–Trinajstić information content (AvgIpc) is 2.98. The molecule has 0 aromatic rings. The molecule has 2 fully saturated rings. The van der Waals surface area contributed by atoms with Crippen LogP contribution >= 0.6 is 0 Å². The van der Waals surface area contributed by atoms with Crippen molar-refractivity contribution in [3.63, 3.8) is 0 Å². The monoisotopic (exact) mass is 306 g/mol. The van der Waals surface area contributed by atoms with E-state index in [0.29, 0.717) is 17.9 Å². The summed E-state index contributed by atoms with van der Waals surface area (Å²) in [6, 6.07) is 0.435. The summed E-state index contributed by atoms with van der Waals surface area (Å²) in [5, 5.41) is 0. The zero-order valence-corrected chi connectivity index (χ0v) is 15.4. The zero-order chi connectivity index (χ0) is 16.5. The summed E-state index contributed by atoms with van der Waals surface area (Å²) in [6.07, 6.45) is 5.77. The van der Waals surface area contributed by atoms with Gasteiger partial charge >= 0.3 is 0 Å². The van der Waals surface area contributed by atoms with E-state index in [9.17, 15) is 4.79 Å². The Balaban J connectivity index is 1.92. The number of amides is 1. The molecule has 22 heavy (non-hydrogen) atoms. The predicted octanol–water partition coefficient (Wildman–Crippen LogP) is 3.56. The Bertz CT molecular complexity index is 429. The highest BCUT2D eigenvalue weighted by atomic mass is 16.2. The van der Waals surface area contributed by atoms with E-state index < -0.39 is 0 Å². The van der Waals surface area contributed by atoms with Crippen molar-refractivity contribution >= 4 is 5.91 Å². The maximum atomic E-state index is 12.9. The average molecular weight is 306 g/mol. The third-order valence-corrected chi connectivity index (χ3v) is 5.68. The second-order valence-corrected chi connectivity index (χ2v) is 8.09. The smallest absolute Gasteiger partial charge is 0.226 e. The standard InChI is InChI=1S/C19H34N2O/c1-7-10-21-11-8-15(9-12-21)20(6)18(22)17-16(13-14(2)3)19(17,4)5/h13,15-17H,7-12H2,1-6H3/t16-,17-/m0/s1. The first-order valence-corrected chi connectivity index (χ1v) is 8.93. The van der Waals surface area contributed by atoms with Crippen LogP contribution in [0.1, 0.15) is 53.9 Å². The highest BCUT2D eigenvalue weighted by Crippen LogP contribution is 2.60. The first-order chi connectivity index (χ1) is 10.3. The zero-order valence-electron chi connectivity index (χ0n) is 15.4. The molecule has 0 aromatic carbocycles. The molecular weight excluding hydrogens is 272 g/mol. The fourth-order valence-corrected chi connectivity index (χ4v) is 4.07. The van der Waals surface area contributed by atoms with Crippen LogP contribution in [0.4, 0.5) is 0 Å². The highest BCUT2D eigenvalue weighted by Gasteiger charge is 2.61. The Morgan fingerprint density at radius 3 is 2.36 bits per heavy atom. The Labute approximate surface area is 136 Å². The van der Waals surface area contributed by atoms with Gasteiger partial charge in [-0.1, -0.05) is 32.4 Å². The fraction of sp³-hybridized carbons (Fsp3) is 0.842. The number of piperidine rings is 1. The van der Waals surface area contributed by atoms with Crippen LogP contribution in [0, 0.1) is 17.3 Å². The van der Waals surface area contributed by atoms with Crippen molar-refractivity contribution in [1.29, 1.82) is 0 Å². The SMILES string of the molecule is CCCN1CCC(N(C)C(=O)[C@@H]2[C@H](C=C(C)C)C2(C)C)CC1. The van der Waals surface area contributed by atoms with Crippen molar-refractivity contribution in [2.24, 2.45) is 17.3 Å². The van der Waals surface area contributed by atoms with Gasteiger partial charge in [-0.3, -0.25) is 4.79 Å². The Morgan fingerprint density at radius 2 is 1.86 bits per heavy atom. The van der Waals surface area contributed by atoms with Gasteiger partial charge in [-0.05, 0) is 51.0 Å². The molecule has 1 aliphatic carbocycles. The summed E-state index contributed by atoms with van der Waals surface area (Å²) in [6.45, 7) is 14.4. The summed E-state index contributed by atoms with van der Waals surface area (Å²) in [5.74, 6) is 0.968. The van der Waals surface area contributed by atoms with E-state index in [2.05, 4.69) is 50.5 Å². The first-order valence-electron chi connectivity index (χ1n) is 8.93. The molecule has 0 spiro atoms. The lowest BCUT2D eigenvalue weighted by atomic mass is 10.0. The van der Waals surface area contributed by atoms with E-state index in [0.717, 1.165) is 25.9 Å². The van der Waals surface area contributed by atoms with Crippen LogP contribution in [-0.4, -0.2) is 48.4 Å². The molecule has 2 rings (SSSR count). The predicted molar refractivity (Wildman–Crippen MR) is 92.7 cm³/mol. The number of carbonyl (C=O) groups excluding carboxylic acids is 1. The number of hydrogen-bond acceptors (Lipinski definition) is 2. The van der Waals surface area contributed by atoms with Gasteiger partial charge in [0.05, 0.1) is 5.92 Å². The van der Waals surface area contributed by atoms with Crippen LogP contribution in [0.2, 0.25) is 0 Å². The van der Waals surface area contributed by atoms with Crippen LogP contribution in [0.15, 0.2) is 11.6 Å².